The number of nitrogens with zero attached hydrogens (tertiary/aromatic N) is 2. The maximum absolute atomic E-state index is 14.5. The Labute approximate surface area is 274 Å². The van der Waals surface area contributed by atoms with Gasteiger partial charge in [-0.05, 0) is 73.0 Å². The van der Waals surface area contributed by atoms with Gasteiger partial charge in [0.1, 0.15) is 18.3 Å². The first kappa shape index (κ1) is 33.7. The van der Waals surface area contributed by atoms with E-state index >= 15 is 0 Å². The van der Waals surface area contributed by atoms with E-state index in [0.717, 1.165) is 31.9 Å². The van der Waals surface area contributed by atoms with E-state index in [1.165, 1.54) is 17.0 Å². The van der Waals surface area contributed by atoms with Crippen LogP contribution in [0.25, 0.3) is 0 Å². The molecule has 4 aromatic carbocycles. The summed E-state index contributed by atoms with van der Waals surface area (Å²) in [5.74, 6) is -0.231. The van der Waals surface area contributed by atoms with Crippen molar-refractivity contribution >= 4 is 43.5 Å². The zero-order chi connectivity index (χ0) is 32.4. The molecule has 8 nitrogen and oxygen atoms in total. The number of rotatable bonds is 14. The predicted molar refractivity (Wildman–Crippen MR) is 181 cm³/mol. The summed E-state index contributed by atoms with van der Waals surface area (Å²) >= 11 is 3.41. The van der Waals surface area contributed by atoms with Crippen LogP contribution in [0.1, 0.15) is 30.0 Å². The number of carbonyl (C=O) groups is 2. The number of anilines is 1. The van der Waals surface area contributed by atoms with E-state index in [0.29, 0.717) is 18.0 Å². The van der Waals surface area contributed by atoms with Crippen molar-refractivity contribution in [1.29, 1.82) is 0 Å². The maximum atomic E-state index is 14.5. The molecule has 0 aromatic heterocycles. The molecule has 0 bridgehead atoms. The first-order chi connectivity index (χ1) is 21.6. The number of nitrogens with one attached hydrogen (secondary N) is 1. The molecule has 0 saturated heterocycles. The van der Waals surface area contributed by atoms with Crippen molar-refractivity contribution in [3.05, 3.63) is 124 Å². The lowest BCUT2D eigenvalue weighted by Gasteiger charge is -2.34. The highest BCUT2D eigenvalue weighted by molar-refractivity contribution is 9.10. The molecule has 4 rings (SSSR count). The van der Waals surface area contributed by atoms with Crippen LogP contribution in [0, 0.1) is 6.92 Å². The van der Waals surface area contributed by atoms with Gasteiger partial charge in [0.25, 0.3) is 10.0 Å². The molecule has 0 fully saturated rings. The van der Waals surface area contributed by atoms with Crippen LogP contribution in [0.3, 0.4) is 0 Å². The van der Waals surface area contributed by atoms with Gasteiger partial charge in [0.15, 0.2) is 0 Å². The smallest absolute Gasteiger partial charge is 0.264 e. The van der Waals surface area contributed by atoms with Gasteiger partial charge in [-0.2, -0.15) is 0 Å². The number of halogens is 1. The number of hydrogen-bond acceptors (Lipinski definition) is 5. The van der Waals surface area contributed by atoms with E-state index in [2.05, 4.69) is 21.2 Å². The number of methoxy groups -OCH3 is 1. The molecule has 0 aliphatic rings. The van der Waals surface area contributed by atoms with E-state index in [4.69, 9.17) is 4.74 Å². The fourth-order valence-electron chi connectivity index (χ4n) is 4.86. The average Bonchev–Trinajstić information content (AvgIpc) is 3.05. The van der Waals surface area contributed by atoms with Crippen LogP contribution in [0.4, 0.5) is 5.69 Å². The SMILES string of the molecule is CCCNC(=O)[C@H](Cc1ccccc1)N(Cc1cccc(OC)c1)C(=O)CN(c1ccc(Br)cc1)S(=O)(=O)c1ccc(C)cc1. The lowest BCUT2D eigenvalue weighted by molar-refractivity contribution is -0.140. The van der Waals surface area contributed by atoms with E-state index in [-0.39, 0.29) is 23.8 Å². The molecule has 236 valence electrons. The molecule has 0 saturated carbocycles. The molecular formula is C35H38BrN3O5S. The molecule has 1 N–H and O–H groups in total. The van der Waals surface area contributed by atoms with Gasteiger partial charge in [0.2, 0.25) is 11.8 Å². The summed E-state index contributed by atoms with van der Waals surface area (Å²) in [6, 6.07) is 29.1. The summed E-state index contributed by atoms with van der Waals surface area (Å²) < 4.78 is 35.5. The molecular weight excluding hydrogens is 654 g/mol. The molecule has 1 atom stereocenters. The second-order valence-corrected chi connectivity index (χ2v) is 13.4. The van der Waals surface area contributed by atoms with E-state index in [1.54, 1.807) is 55.6 Å². The largest absolute Gasteiger partial charge is 0.497 e. The van der Waals surface area contributed by atoms with Gasteiger partial charge in [0, 0.05) is 24.0 Å². The van der Waals surface area contributed by atoms with Crippen LogP contribution in [-0.4, -0.2) is 51.4 Å². The number of benzene rings is 4. The van der Waals surface area contributed by atoms with Gasteiger partial charge < -0.3 is 15.0 Å². The summed E-state index contributed by atoms with van der Waals surface area (Å²) in [7, 11) is -2.60. The zero-order valence-electron chi connectivity index (χ0n) is 25.6. The minimum absolute atomic E-state index is 0.0599. The second-order valence-electron chi connectivity index (χ2n) is 10.7. The quantitative estimate of drug-likeness (QED) is 0.172. The minimum Gasteiger partial charge on any atom is -0.497 e. The van der Waals surface area contributed by atoms with Crippen LogP contribution in [0.15, 0.2) is 112 Å². The zero-order valence-corrected chi connectivity index (χ0v) is 28.1. The number of amides is 2. The summed E-state index contributed by atoms with van der Waals surface area (Å²) in [5.41, 5.74) is 2.84. The topological polar surface area (TPSA) is 96.0 Å². The Kier molecular flexibility index (Phi) is 11.8. The van der Waals surface area contributed by atoms with E-state index < -0.39 is 28.5 Å². The first-order valence-corrected chi connectivity index (χ1v) is 16.9. The van der Waals surface area contributed by atoms with Crippen molar-refractivity contribution in [3.8, 4) is 5.75 Å². The lowest BCUT2D eigenvalue weighted by atomic mass is 10.0. The van der Waals surface area contributed by atoms with Crippen molar-refractivity contribution in [1.82, 2.24) is 10.2 Å². The third kappa shape index (κ3) is 8.95. The van der Waals surface area contributed by atoms with Crippen LogP contribution in [-0.2, 0) is 32.6 Å². The highest BCUT2D eigenvalue weighted by Gasteiger charge is 2.34. The van der Waals surface area contributed by atoms with Gasteiger partial charge >= 0.3 is 0 Å². The third-order valence-electron chi connectivity index (χ3n) is 7.31. The van der Waals surface area contributed by atoms with Crippen molar-refractivity contribution in [2.45, 2.75) is 44.2 Å². The van der Waals surface area contributed by atoms with Crippen molar-refractivity contribution < 1.29 is 22.7 Å². The Morgan fingerprint density at radius 3 is 2.20 bits per heavy atom. The molecule has 10 heteroatoms. The van der Waals surface area contributed by atoms with Crippen LogP contribution >= 0.6 is 15.9 Å². The summed E-state index contributed by atoms with van der Waals surface area (Å²) in [6.07, 6.45) is 0.967. The Balaban J connectivity index is 1.80. The number of aryl methyl sites for hydroxylation is 1. The standard InChI is InChI=1S/C35H38BrN3O5S/c1-4-21-37-35(41)33(23-27-9-6-5-7-10-27)38(24-28-11-8-12-31(22-28)44-3)34(40)25-39(30-17-15-29(36)16-18-30)45(42,43)32-19-13-26(2)14-20-32/h5-20,22,33H,4,21,23-25H2,1-3H3,(H,37,41)/t33-/m0/s1. The lowest BCUT2D eigenvalue weighted by Crippen LogP contribution is -2.53. The summed E-state index contributed by atoms with van der Waals surface area (Å²) in [5, 5.41) is 2.95. The van der Waals surface area contributed by atoms with Gasteiger partial charge in [-0.25, -0.2) is 8.42 Å². The fraction of sp³-hybridized carbons (Fsp3) is 0.257. The average molecular weight is 693 g/mol. The number of hydrogen-bond donors (Lipinski definition) is 1. The van der Waals surface area contributed by atoms with E-state index in [9.17, 15) is 18.0 Å². The molecule has 0 aliphatic carbocycles. The molecule has 2 amide bonds. The number of sulfonamides is 1. The van der Waals surface area contributed by atoms with Crippen molar-refractivity contribution in [3.63, 3.8) is 0 Å². The molecule has 0 aliphatic heterocycles. The molecule has 0 unspecified atom stereocenters. The predicted octanol–water partition coefficient (Wildman–Crippen LogP) is 6.13. The Bertz CT molecular complexity index is 1680. The summed E-state index contributed by atoms with van der Waals surface area (Å²) in [4.78, 5) is 29.8. The Morgan fingerprint density at radius 1 is 0.889 bits per heavy atom. The van der Waals surface area contributed by atoms with Crippen LogP contribution < -0.4 is 14.4 Å². The van der Waals surface area contributed by atoms with Crippen LogP contribution in [0.5, 0.6) is 5.75 Å². The minimum atomic E-state index is -4.16. The number of carbonyl (C=O) groups excluding carboxylic acids is 2. The molecule has 0 heterocycles. The van der Waals surface area contributed by atoms with Gasteiger partial charge in [-0.1, -0.05) is 83.0 Å². The van der Waals surface area contributed by atoms with Crippen molar-refractivity contribution in [2.24, 2.45) is 0 Å². The second kappa shape index (κ2) is 15.7. The van der Waals surface area contributed by atoms with Gasteiger partial charge in [-0.15, -0.1) is 0 Å². The first-order valence-electron chi connectivity index (χ1n) is 14.7. The molecule has 45 heavy (non-hydrogen) atoms. The highest BCUT2D eigenvalue weighted by Crippen LogP contribution is 2.27. The summed E-state index contributed by atoms with van der Waals surface area (Å²) in [6.45, 7) is 3.81. The fourth-order valence-corrected chi connectivity index (χ4v) is 6.54. The van der Waals surface area contributed by atoms with Crippen molar-refractivity contribution in [2.75, 3.05) is 24.5 Å². The number of ether oxygens (including phenoxy) is 1. The Hall–Kier alpha value is -4.15. The molecule has 4 aromatic rings. The van der Waals surface area contributed by atoms with E-state index in [1.807, 2.05) is 56.3 Å². The molecule has 0 spiro atoms. The Morgan fingerprint density at radius 2 is 1.56 bits per heavy atom. The molecule has 0 radical (unpaired) electrons. The monoisotopic (exact) mass is 691 g/mol. The normalized spacial score (nSPS) is 11.8. The van der Waals surface area contributed by atoms with Crippen LogP contribution in [0.2, 0.25) is 0 Å². The third-order valence-corrected chi connectivity index (χ3v) is 9.63. The van der Waals surface area contributed by atoms with Gasteiger partial charge in [-0.3, -0.25) is 13.9 Å². The maximum Gasteiger partial charge on any atom is 0.264 e. The van der Waals surface area contributed by atoms with Gasteiger partial charge in [0.05, 0.1) is 17.7 Å². The highest BCUT2D eigenvalue weighted by atomic mass is 79.9.